The summed E-state index contributed by atoms with van der Waals surface area (Å²) in [6.45, 7) is 3.98. The van der Waals surface area contributed by atoms with Crippen LogP contribution in [0.5, 0.6) is 0 Å². The van der Waals surface area contributed by atoms with Crippen LogP contribution in [0, 0.1) is 0 Å². The van der Waals surface area contributed by atoms with Crippen molar-refractivity contribution in [1.82, 2.24) is 14.9 Å². The second kappa shape index (κ2) is 7.41. The normalized spacial score (nSPS) is 12.9. The minimum atomic E-state index is 0.501. The Morgan fingerprint density at radius 2 is 2.38 bits per heavy atom. The number of aryl methyl sites for hydroxylation is 1. The molecule has 92 valence electrons. The van der Waals surface area contributed by atoms with Gasteiger partial charge in [0.2, 0.25) is 0 Å². The molecular formula is C12H23N3O. The summed E-state index contributed by atoms with van der Waals surface area (Å²) in [5, 5.41) is 3.50. The van der Waals surface area contributed by atoms with Gasteiger partial charge >= 0.3 is 0 Å². The summed E-state index contributed by atoms with van der Waals surface area (Å²) in [6, 6.07) is 0.501. The van der Waals surface area contributed by atoms with Gasteiger partial charge < -0.3 is 14.6 Å². The first-order chi connectivity index (χ1) is 7.77. The maximum Gasteiger partial charge on any atom is 0.109 e. The lowest BCUT2D eigenvalue weighted by Gasteiger charge is -2.17. The van der Waals surface area contributed by atoms with Crippen molar-refractivity contribution in [3.63, 3.8) is 0 Å². The predicted octanol–water partition coefficient (Wildman–Crippen LogP) is 1.37. The van der Waals surface area contributed by atoms with Gasteiger partial charge in [0, 0.05) is 45.6 Å². The van der Waals surface area contributed by atoms with Gasteiger partial charge in [0.25, 0.3) is 0 Å². The highest BCUT2D eigenvalue weighted by atomic mass is 16.5. The third-order valence-electron chi connectivity index (χ3n) is 2.74. The highest BCUT2D eigenvalue weighted by molar-refractivity contribution is 4.94. The van der Waals surface area contributed by atoms with Crippen LogP contribution < -0.4 is 5.32 Å². The van der Waals surface area contributed by atoms with Crippen molar-refractivity contribution in [2.24, 2.45) is 7.05 Å². The molecule has 0 bridgehead atoms. The molecule has 0 aliphatic rings. The number of imidazole rings is 1. The molecule has 16 heavy (non-hydrogen) atoms. The topological polar surface area (TPSA) is 39.1 Å². The first-order valence-corrected chi connectivity index (χ1v) is 5.96. The molecule has 1 rings (SSSR count). The van der Waals surface area contributed by atoms with Gasteiger partial charge in [-0.1, -0.05) is 6.92 Å². The smallest absolute Gasteiger partial charge is 0.109 e. The van der Waals surface area contributed by atoms with Crippen molar-refractivity contribution in [2.45, 2.75) is 32.2 Å². The summed E-state index contributed by atoms with van der Waals surface area (Å²) in [4.78, 5) is 4.36. The third-order valence-corrected chi connectivity index (χ3v) is 2.74. The van der Waals surface area contributed by atoms with Crippen LogP contribution in [0.1, 0.15) is 25.6 Å². The van der Waals surface area contributed by atoms with E-state index < -0.39 is 0 Å². The molecule has 1 aromatic heterocycles. The van der Waals surface area contributed by atoms with E-state index in [9.17, 15) is 0 Å². The predicted molar refractivity (Wildman–Crippen MR) is 65.5 cm³/mol. The van der Waals surface area contributed by atoms with Crippen LogP contribution in [0.3, 0.4) is 0 Å². The molecule has 0 aromatic carbocycles. The molecule has 1 heterocycles. The molecule has 0 saturated heterocycles. The quantitative estimate of drug-likeness (QED) is 0.679. The van der Waals surface area contributed by atoms with Crippen molar-refractivity contribution in [2.75, 3.05) is 20.3 Å². The zero-order valence-electron chi connectivity index (χ0n) is 10.6. The number of likely N-dealkylation sites (N-methyl/N-ethyl adjacent to an activating group) is 1. The molecule has 0 saturated carbocycles. The minimum Gasteiger partial charge on any atom is -0.385 e. The number of nitrogens with zero attached hydrogens (tertiary/aromatic N) is 2. The highest BCUT2D eigenvalue weighted by Gasteiger charge is 2.10. The summed E-state index contributed by atoms with van der Waals surface area (Å²) >= 11 is 0. The molecule has 4 nitrogen and oxygen atoms in total. The molecule has 4 heteroatoms. The number of aromatic nitrogens is 2. The molecule has 1 aromatic rings. The lowest BCUT2D eigenvalue weighted by molar-refractivity contribution is 0.188. The number of ether oxygens (including phenoxy) is 1. The van der Waals surface area contributed by atoms with Crippen molar-refractivity contribution in [3.05, 3.63) is 18.2 Å². The molecule has 0 spiro atoms. The molecule has 1 atom stereocenters. The molecule has 0 radical (unpaired) electrons. The lowest BCUT2D eigenvalue weighted by Crippen LogP contribution is -2.32. The Labute approximate surface area is 98.0 Å². The van der Waals surface area contributed by atoms with Crippen molar-refractivity contribution < 1.29 is 4.74 Å². The van der Waals surface area contributed by atoms with Crippen LogP contribution in [-0.2, 0) is 18.2 Å². The fraction of sp³-hybridized carbons (Fsp3) is 0.750. The number of rotatable bonds is 8. The molecule has 0 amide bonds. The van der Waals surface area contributed by atoms with Crippen molar-refractivity contribution in [3.8, 4) is 0 Å². The van der Waals surface area contributed by atoms with E-state index in [1.54, 1.807) is 7.11 Å². The average molecular weight is 225 g/mol. The minimum absolute atomic E-state index is 0.501. The number of hydrogen-bond acceptors (Lipinski definition) is 3. The molecule has 0 aliphatic heterocycles. The maximum absolute atomic E-state index is 5.08. The summed E-state index contributed by atoms with van der Waals surface area (Å²) in [7, 11) is 3.79. The van der Waals surface area contributed by atoms with Gasteiger partial charge in [-0.05, 0) is 19.4 Å². The maximum atomic E-state index is 5.08. The Kier molecular flexibility index (Phi) is 6.11. The lowest BCUT2D eigenvalue weighted by atomic mass is 10.1. The Hall–Kier alpha value is -0.870. The monoisotopic (exact) mass is 225 g/mol. The van der Waals surface area contributed by atoms with Gasteiger partial charge in [0.1, 0.15) is 5.82 Å². The van der Waals surface area contributed by atoms with E-state index in [4.69, 9.17) is 4.74 Å². The Bertz CT molecular complexity index is 286. The molecule has 1 unspecified atom stereocenters. The van der Waals surface area contributed by atoms with Gasteiger partial charge in [-0.25, -0.2) is 4.98 Å². The Balaban J connectivity index is 2.41. The Morgan fingerprint density at radius 1 is 1.56 bits per heavy atom. The van der Waals surface area contributed by atoms with Gasteiger partial charge in [-0.2, -0.15) is 0 Å². The largest absolute Gasteiger partial charge is 0.385 e. The SMILES string of the molecule is CCNC(CCCOC)Cc1nccn1C. The first-order valence-electron chi connectivity index (χ1n) is 5.96. The fourth-order valence-corrected chi connectivity index (χ4v) is 1.85. The molecule has 1 N–H and O–H groups in total. The average Bonchev–Trinajstić information content (AvgIpc) is 2.65. The Morgan fingerprint density at radius 3 is 2.94 bits per heavy atom. The van der Waals surface area contributed by atoms with Crippen molar-refractivity contribution in [1.29, 1.82) is 0 Å². The van der Waals surface area contributed by atoms with E-state index in [-0.39, 0.29) is 0 Å². The van der Waals surface area contributed by atoms with Gasteiger partial charge in [-0.3, -0.25) is 0 Å². The van der Waals surface area contributed by atoms with E-state index in [1.807, 2.05) is 19.4 Å². The number of hydrogen-bond donors (Lipinski definition) is 1. The van der Waals surface area contributed by atoms with Crippen LogP contribution >= 0.6 is 0 Å². The van der Waals surface area contributed by atoms with E-state index in [0.29, 0.717) is 6.04 Å². The van der Waals surface area contributed by atoms with Crippen LogP contribution in [-0.4, -0.2) is 35.9 Å². The first kappa shape index (κ1) is 13.2. The van der Waals surface area contributed by atoms with Crippen molar-refractivity contribution >= 4 is 0 Å². The standard InChI is InChI=1S/C12H23N3O/c1-4-13-11(6-5-9-16-3)10-12-14-7-8-15(12)2/h7-8,11,13H,4-6,9-10H2,1-3H3. The number of nitrogens with one attached hydrogen (secondary N) is 1. The van der Waals surface area contributed by atoms with Crippen LogP contribution in [0.2, 0.25) is 0 Å². The van der Waals surface area contributed by atoms with Gasteiger partial charge in [0.05, 0.1) is 0 Å². The second-order valence-corrected chi connectivity index (χ2v) is 4.05. The molecular weight excluding hydrogens is 202 g/mol. The summed E-state index contributed by atoms with van der Waals surface area (Å²) in [6.07, 6.45) is 7.06. The summed E-state index contributed by atoms with van der Waals surface area (Å²) in [5.41, 5.74) is 0. The zero-order valence-corrected chi connectivity index (χ0v) is 10.6. The van der Waals surface area contributed by atoms with Crippen LogP contribution in [0.25, 0.3) is 0 Å². The third kappa shape index (κ3) is 4.33. The van der Waals surface area contributed by atoms with Gasteiger partial charge in [0.15, 0.2) is 0 Å². The fourth-order valence-electron chi connectivity index (χ4n) is 1.85. The summed E-state index contributed by atoms with van der Waals surface area (Å²) < 4.78 is 7.16. The van der Waals surface area contributed by atoms with Crippen LogP contribution in [0.4, 0.5) is 0 Å². The molecule has 0 fully saturated rings. The molecule has 0 aliphatic carbocycles. The zero-order chi connectivity index (χ0) is 11.8. The van der Waals surface area contributed by atoms with E-state index in [2.05, 4.69) is 21.8 Å². The second-order valence-electron chi connectivity index (χ2n) is 4.05. The van der Waals surface area contributed by atoms with E-state index in [0.717, 1.165) is 38.2 Å². The summed E-state index contributed by atoms with van der Waals surface area (Å²) in [5.74, 6) is 1.14. The van der Waals surface area contributed by atoms with E-state index >= 15 is 0 Å². The van der Waals surface area contributed by atoms with Crippen LogP contribution in [0.15, 0.2) is 12.4 Å². The highest BCUT2D eigenvalue weighted by Crippen LogP contribution is 2.05. The van der Waals surface area contributed by atoms with Gasteiger partial charge in [-0.15, -0.1) is 0 Å². The van der Waals surface area contributed by atoms with E-state index in [1.165, 1.54) is 0 Å². The number of methoxy groups -OCH3 is 1.